The summed E-state index contributed by atoms with van der Waals surface area (Å²) in [4.78, 5) is 25.8. The Balaban J connectivity index is 1.89. The molecule has 0 fully saturated rings. The first-order valence-electron chi connectivity index (χ1n) is 9.78. The Labute approximate surface area is 170 Å². The van der Waals surface area contributed by atoms with E-state index in [0.29, 0.717) is 31.7 Å². The molecule has 0 aliphatic rings. The summed E-state index contributed by atoms with van der Waals surface area (Å²) in [6.45, 7) is 5.57. The first-order valence-corrected chi connectivity index (χ1v) is 9.78. The average molecular weight is 396 g/mol. The lowest BCUT2D eigenvalue weighted by Crippen LogP contribution is -2.29. The van der Waals surface area contributed by atoms with Crippen LogP contribution in [0.4, 0.5) is 0 Å². The fourth-order valence-electron chi connectivity index (χ4n) is 3.39. The molecule has 7 heteroatoms. The van der Waals surface area contributed by atoms with E-state index in [0.717, 1.165) is 34.2 Å². The number of aldehydes is 1. The Morgan fingerprint density at radius 3 is 2.66 bits per heavy atom. The second-order valence-corrected chi connectivity index (χ2v) is 7.97. The van der Waals surface area contributed by atoms with Crippen molar-refractivity contribution in [3.8, 4) is 11.3 Å². The van der Waals surface area contributed by atoms with Crippen LogP contribution in [0.1, 0.15) is 25.0 Å². The van der Waals surface area contributed by atoms with Gasteiger partial charge in [-0.05, 0) is 23.6 Å². The van der Waals surface area contributed by atoms with E-state index in [2.05, 4.69) is 16.0 Å². The van der Waals surface area contributed by atoms with Crippen molar-refractivity contribution in [1.82, 2.24) is 19.9 Å². The van der Waals surface area contributed by atoms with Crippen LogP contribution in [0, 0.1) is 5.41 Å². The number of aromatic amines is 1. The second kappa shape index (κ2) is 9.26. The summed E-state index contributed by atoms with van der Waals surface area (Å²) in [6.07, 6.45) is 5.17. The van der Waals surface area contributed by atoms with Crippen molar-refractivity contribution in [3.05, 3.63) is 47.8 Å². The number of hydrogen-bond donors (Lipinski definition) is 3. The zero-order valence-electron chi connectivity index (χ0n) is 16.9. The maximum atomic E-state index is 11.3. The van der Waals surface area contributed by atoms with Gasteiger partial charge in [0.2, 0.25) is 0 Å². The molecule has 2 aromatic heterocycles. The first-order chi connectivity index (χ1) is 14.0. The minimum atomic E-state index is -0.463. The summed E-state index contributed by atoms with van der Waals surface area (Å²) >= 11 is 0. The molecule has 0 radical (unpaired) electrons. The van der Waals surface area contributed by atoms with Gasteiger partial charge >= 0.3 is 0 Å². The SMILES string of the molecule is CC(C)(C=O)Cc1c[nH]c2ncc(-c3cccc(CN(CCO)CCO)c3)nc12. The van der Waals surface area contributed by atoms with Gasteiger partial charge in [0.1, 0.15) is 11.8 Å². The standard InChI is InChI=1S/C22H28N4O3/c1-22(2,15-29)11-18-12-23-21-20(18)25-19(13-24-21)17-5-3-4-16(10-17)14-26(6-8-27)7-9-28/h3-5,10,12-13,15,27-28H,6-9,11,14H2,1-2H3,(H,23,24). The Bertz CT molecular complexity index is 962. The van der Waals surface area contributed by atoms with Crippen LogP contribution in [0.2, 0.25) is 0 Å². The number of aliphatic hydroxyl groups excluding tert-OH is 2. The molecular weight excluding hydrogens is 368 g/mol. The maximum absolute atomic E-state index is 11.3. The molecule has 0 aliphatic carbocycles. The normalized spacial score (nSPS) is 12.0. The van der Waals surface area contributed by atoms with Gasteiger partial charge in [-0.2, -0.15) is 0 Å². The van der Waals surface area contributed by atoms with Gasteiger partial charge in [-0.3, -0.25) is 4.90 Å². The van der Waals surface area contributed by atoms with Crippen LogP contribution in [-0.4, -0.2) is 62.7 Å². The smallest absolute Gasteiger partial charge is 0.156 e. The molecule has 0 unspecified atom stereocenters. The summed E-state index contributed by atoms with van der Waals surface area (Å²) in [5.41, 5.74) is 4.79. The number of H-pyrrole nitrogens is 1. The Morgan fingerprint density at radius 2 is 1.97 bits per heavy atom. The van der Waals surface area contributed by atoms with Gasteiger partial charge in [-0.15, -0.1) is 0 Å². The second-order valence-electron chi connectivity index (χ2n) is 7.97. The third kappa shape index (κ3) is 5.26. The highest BCUT2D eigenvalue weighted by molar-refractivity contribution is 5.78. The lowest BCUT2D eigenvalue weighted by atomic mass is 9.88. The number of carbonyl (C=O) groups is 1. The predicted molar refractivity (Wildman–Crippen MR) is 112 cm³/mol. The molecule has 7 nitrogen and oxygen atoms in total. The van der Waals surface area contributed by atoms with Crippen molar-refractivity contribution in [3.63, 3.8) is 0 Å². The zero-order valence-corrected chi connectivity index (χ0v) is 16.9. The maximum Gasteiger partial charge on any atom is 0.156 e. The monoisotopic (exact) mass is 396 g/mol. The van der Waals surface area contributed by atoms with Gasteiger partial charge in [0, 0.05) is 36.8 Å². The molecular formula is C22H28N4O3. The summed E-state index contributed by atoms with van der Waals surface area (Å²) in [7, 11) is 0. The molecule has 3 aromatic rings. The van der Waals surface area contributed by atoms with E-state index >= 15 is 0 Å². The average Bonchev–Trinajstić information content (AvgIpc) is 3.10. The Morgan fingerprint density at radius 1 is 1.21 bits per heavy atom. The number of fused-ring (bicyclic) bond motifs is 1. The fraction of sp³-hybridized carbons (Fsp3) is 0.409. The van der Waals surface area contributed by atoms with Crippen LogP contribution in [0.15, 0.2) is 36.7 Å². The predicted octanol–water partition coefficient (Wildman–Crippen LogP) is 2.18. The molecule has 0 atom stereocenters. The topological polar surface area (TPSA) is 102 Å². The van der Waals surface area contributed by atoms with Crippen molar-refractivity contribution < 1.29 is 15.0 Å². The number of hydrogen-bond acceptors (Lipinski definition) is 6. The highest BCUT2D eigenvalue weighted by atomic mass is 16.3. The van der Waals surface area contributed by atoms with E-state index in [4.69, 9.17) is 4.98 Å². The van der Waals surface area contributed by atoms with E-state index in [1.54, 1.807) is 6.20 Å². The number of rotatable bonds is 10. The van der Waals surface area contributed by atoms with Gasteiger partial charge in [0.05, 0.1) is 25.1 Å². The number of nitrogens with one attached hydrogen (secondary N) is 1. The molecule has 2 heterocycles. The Hall–Kier alpha value is -2.61. The highest BCUT2D eigenvalue weighted by Crippen LogP contribution is 2.26. The number of benzene rings is 1. The molecule has 0 saturated heterocycles. The van der Waals surface area contributed by atoms with Crippen molar-refractivity contribution >= 4 is 17.5 Å². The third-order valence-electron chi connectivity index (χ3n) is 4.89. The molecule has 0 bridgehead atoms. The molecule has 0 aliphatic heterocycles. The number of aromatic nitrogens is 3. The summed E-state index contributed by atoms with van der Waals surface area (Å²) in [5.74, 6) is 0. The van der Waals surface area contributed by atoms with Gasteiger partial charge in [0.25, 0.3) is 0 Å². The van der Waals surface area contributed by atoms with Crippen LogP contribution >= 0.6 is 0 Å². The summed E-state index contributed by atoms with van der Waals surface area (Å²) < 4.78 is 0. The molecule has 1 aromatic carbocycles. The number of nitrogens with zero attached hydrogens (tertiary/aromatic N) is 3. The van der Waals surface area contributed by atoms with Crippen molar-refractivity contribution in [2.24, 2.45) is 5.41 Å². The van der Waals surface area contributed by atoms with Crippen LogP contribution in [-0.2, 0) is 17.8 Å². The third-order valence-corrected chi connectivity index (χ3v) is 4.89. The molecule has 0 spiro atoms. The van der Waals surface area contributed by atoms with Crippen molar-refractivity contribution in [2.75, 3.05) is 26.3 Å². The molecule has 0 saturated carbocycles. The van der Waals surface area contributed by atoms with Crippen LogP contribution < -0.4 is 0 Å². The van der Waals surface area contributed by atoms with Gasteiger partial charge in [0.15, 0.2) is 5.65 Å². The van der Waals surface area contributed by atoms with E-state index in [9.17, 15) is 15.0 Å². The van der Waals surface area contributed by atoms with Crippen LogP contribution in [0.5, 0.6) is 0 Å². The Kier molecular flexibility index (Phi) is 6.74. The quantitative estimate of drug-likeness (QED) is 0.454. The number of aliphatic hydroxyl groups is 2. The number of carbonyl (C=O) groups excluding carboxylic acids is 1. The molecule has 3 N–H and O–H groups in total. The minimum Gasteiger partial charge on any atom is -0.395 e. The van der Waals surface area contributed by atoms with E-state index in [1.165, 1.54) is 0 Å². The van der Waals surface area contributed by atoms with E-state index < -0.39 is 5.41 Å². The lowest BCUT2D eigenvalue weighted by molar-refractivity contribution is -0.114. The molecule has 29 heavy (non-hydrogen) atoms. The van der Waals surface area contributed by atoms with Gasteiger partial charge in [-0.1, -0.05) is 32.0 Å². The largest absolute Gasteiger partial charge is 0.395 e. The molecule has 154 valence electrons. The summed E-state index contributed by atoms with van der Waals surface area (Å²) in [6, 6.07) is 8.04. The van der Waals surface area contributed by atoms with Crippen LogP contribution in [0.3, 0.4) is 0 Å². The van der Waals surface area contributed by atoms with Gasteiger partial charge in [-0.25, -0.2) is 9.97 Å². The zero-order chi connectivity index (χ0) is 20.9. The van der Waals surface area contributed by atoms with E-state index in [1.807, 2.05) is 43.1 Å². The van der Waals surface area contributed by atoms with Gasteiger partial charge < -0.3 is 20.0 Å². The minimum absolute atomic E-state index is 0.0508. The van der Waals surface area contributed by atoms with Crippen molar-refractivity contribution in [1.29, 1.82) is 0 Å². The summed E-state index contributed by atoms with van der Waals surface area (Å²) in [5, 5.41) is 18.4. The first kappa shape index (κ1) is 21.1. The fourth-order valence-corrected chi connectivity index (χ4v) is 3.39. The lowest BCUT2D eigenvalue weighted by Gasteiger charge is -2.20. The van der Waals surface area contributed by atoms with Crippen LogP contribution in [0.25, 0.3) is 22.4 Å². The molecule has 3 rings (SSSR count). The van der Waals surface area contributed by atoms with Crippen molar-refractivity contribution in [2.45, 2.75) is 26.8 Å². The highest BCUT2D eigenvalue weighted by Gasteiger charge is 2.20. The molecule has 0 amide bonds. The van der Waals surface area contributed by atoms with E-state index in [-0.39, 0.29) is 13.2 Å².